The zero-order chi connectivity index (χ0) is 32.8. The fourth-order valence-corrected chi connectivity index (χ4v) is 9.82. The maximum atomic E-state index is 14.2. The van der Waals surface area contributed by atoms with E-state index in [0.29, 0.717) is 43.0 Å². The van der Waals surface area contributed by atoms with Gasteiger partial charge in [-0.25, -0.2) is 14.0 Å². The lowest BCUT2D eigenvalue weighted by atomic mass is 9.68. The number of methoxy groups -OCH3 is 1. The van der Waals surface area contributed by atoms with Gasteiger partial charge in [-0.05, 0) is 105 Å². The van der Waals surface area contributed by atoms with Crippen molar-refractivity contribution in [2.75, 3.05) is 37.5 Å². The molecule has 47 heavy (non-hydrogen) atoms. The Balaban J connectivity index is 1.29. The summed E-state index contributed by atoms with van der Waals surface area (Å²) in [7, 11) is -1.70. The van der Waals surface area contributed by atoms with Crippen LogP contribution < -0.4 is 19.7 Å². The molecule has 12 heteroatoms. The molecular weight excluding hydrogens is 638 g/mol. The molecule has 3 amide bonds. The summed E-state index contributed by atoms with van der Waals surface area (Å²) in [6.45, 7) is 3.83. The molecule has 2 aromatic rings. The van der Waals surface area contributed by atoms with Crippen LogP contribution in [-0.4, -0.2) is 65.8 Å². The van der Waals surface area contributed by atoms with Crippen LogP contribution in [0.3, 0.4) is 0 Å². The number of halogens is 1. The summed E-state index contributed by atoms with van der Waals surface area (Å²) in [5.41, 5.74) is 2.30. The summed E-state index contributed by atoms with van der Waals surface area (Å²) in [6.07, 6.45) is 11.6. The summed E-state index contributed by atoms with van der Waals surface area (Å²) in [6, 6.07) is 9.05. The van der Waals surface area contributed by atoms with Crippen molar-refractivity contribution in [1.82, 2.24) is 15.0 Å². The van der Waals surface area contributed by atoms with E-state index in [4.69, 9.17) is 26.1 Å². The monoisotopic (exact) mass is 681 g/mol. The Morgan fingerprint density at radius 2 is 2.04 bits per heavy atom. The number of fused-ring (bicyclic) bond motifs is 4. The third-order valence-corrected chi connectivity index (χ3v) is 12.7. The molecule has 1 aromatic carbocycles. The molecule has 3 heterocycles. The minimum absolute atomic E-state index is 0.0248. The van der Waals surface area contributed by atoms with Gasteiger partial charge in [-0.1, -0.05) is 36.7 Å². The molecule has 1 aromatic heterocycles. The number of anilines is 1. The fraction of sp³-hybridized carbons (Fsp3) is 0.571. The van der Waals surface area contributed by atoms with Crippen LogP contribution in [0.15, 0.2) is 46.8 Å². The van der Waals surface area contributed by atoms with E-state index in [1.807, 2.05) is 13.0 Å². The van der Waals surface area contributed by atoms with Crippen LogP contribution in [0, 0.1) is 17.8 Å². The van der Waals surface area contributed by atoms with Gasteiger partial charge in [0.05, 0.1) is 18.5 Å². The number of aryl methyl sites for hydroxylation is 1. The normalized spacial score (nSPS) is 32.8. The first kappa shape index (κ1) is 32.4. The maximum absolute atomic E-state index is 14.2. The van der Waals surface area contributed by atoms with E-state index in [0.717, 1.165) is 56.5 Å². The van der Waals surface area contributed by atoms with Crippen LogP contribution in [0.25, 0.3) is 0 Å². The van der Waals surface area contributed by atoms with Gasteiger partial charge in [0.1, 0.15) is 15.6 Å². The van der Waals surface area contributed by atoms with Gasteiger partial charge in [0, 0.05) is 36.7 Å². The summed E-state index contributed by atoms with van der Waals surface area (Å²) in [5, 5.41) is 3.54. The predicted molar refractivity (Wildman–Crippen MR) is 182 cm³/mol. The van der Waals surface area contributed by atoms with Gasteiger partial charge in [-0.15, -0.1) is 4.36 Å². The summed E-state index contributed by atoms with van der Waals surface area (Å²) >= 11 is 6.43. The van der Waals surface area contributed by atoms with E-state index >= 15 is 0 Å². The molecule has 1 spiro atoms. The van der Waals surface area contributed by atoms with Crippen molar-refractivity contribution in [2.24, 2.45) is 22.1 Å². The van der Waals surface area contributed by atoms with Crippen molar-refractivity contribution in [3.05, 3.63) is 64.3 Å². The van der Waals surface area contributed by atoms with Gasteiger partial charge in [0.15, 0.2) is 11.6 Å². The smallest absolute Gasteiger partial charge is 0.327 e. The molecule has 252 valence electrons. The number of allylic oxidation sites excluding steroid dienone is 1. The van der Waals surface area contributed by atoms with Crippen LogP contribution >= 0.6 is 11.6 Å². The number of nitrogens with one attached hydrogen (secondary N) is 2. The number of urea groups is 1. The summed E-state index contributed by atoms with van der Waals surface area (Å²) in [5.74, 6) is 1.07. The van der Waals surface area contributed by atoms with Crippen molar-refractivity contribution in [2.45, 2.75) is 75.9 Å². The first-order valence-corrected chi connectivity index (χ1v) is 18.9. The van der Waals surface area contributed by atoms with Crippen LogP contribution in [0.1, 0.15) is 73.5 Å². The molecule has 3 aliphatic carbocycles. The molecule has 2 aliphatic heterocycles. The first-order valence-electron chi connectivity index (χ1n) is 16.9. The Bertz CT molecular complexity index is 1700. The zero-order valence-corrected chi connectivity index (χ0v) is 28.7. The number of benzene rings is 1. The second kappa shape index (κ2) is 13.0. The maximum Gasteiger partial charge on any atom is 0.327 e. The molecule has 6 atom stereocenters. The third-order valence-electron chi connectivity index (χ3n) is 10.5. The highest BCUT2D eigenvalue weighted by Gasteiger charge is 2.45. The van der Waals surface area contributed by atoms with Gasteiger partial charge in [-0.3, -0.25) is 9.52 Å². The average molecular weight is 682 g/mol. The second-order valence-corrected chi connectivity index (χ2v) is 16.6. The number of pyridine rings is 1. The number of carbonyl (C=O) groups is 2. The minimum Gasteiger partial charge on any atom is -0.489 e. The van der Waals surface area contributed by atoms with Gasteiger partial charge in [-0.2, -0.15) is 0 Å². The van der Waals surface area contributed by atoms with E-state index in [1.165, 1.54) is 11.1 Å². The highest BCUT2D eigenvalue weighted by Crippen LogP contribution is 2.46. The van der Waals surface area contributed by atoms with Crippen molar-refractivity contribution in [1.29, 1.82) is 0 Å². The number of hydrogen-bond donors (Lipinski definition) is 2. The van der Waals surface area contributed by atoms with E-state index in [2.05, 4.69) is 43.6 Å². The van der Waals surface area contributed by atoms with Crippen molar-refractivity contribution in [3.8, 4) is 5.75 Å². The number of hydrogen-bond acceptors (Lipinski definition) is 7. The Kier molecular flexibility index (Phi) is 8.99. The molecule has 5 aliphatic rings. The molecule has 2 saturated carbocycles. The van der Waals surface area contributed by atoms with Gasteiger partial charge in [0.25, 0.3) is 0 Å². The Morgan fingerprint density at radius 3 is 2.81 bits per heavy atom. The topological polar surface area (TPSA) is 122 Å². The summed E-state index contributed by atoms with van der Waals surface area (Å²) in [4.78, 5) is 33.7. The number of aromatic nitrogens is 1. The Morgan fingerprint density at radius 1 is 1.19 bits per heavy atom. The van der Waals surface area contributed by atoms with Crippen molar-refractivity contribution >= 4 is 39.3 Å². The van der Waals surface area contributed by atoms with E-state index in [-0.39, 0.29) is 34.9 Å². The Hall–Kier alpha value is -3.15. The lowest BCUT2D eigenvalue weighted by Crippen LogP contribution is -2.49. The van der Waals surface area contributed by atoms with Crippen LogP contribution in [0.5, 0.6) is 5.75 Å². The highest BCUT2D eigenvalue weighted by atomic mass is 35.5. The second-order valence-electron chi connectivity index (χ2n) is 14.1. The van der Waals surface area contributed by atoms with E-state index in [9.17, 15) is 13.8 Å². The molecular formula is C35H44ClN5O5S. The van der Waals surface area contributed by atoms with Gasteiger partial charge in [0.2, 0.25) is 0 Å². The molecule has 10 nitrogen and oxygen atoms in total. The standard InChI is InChI=1S/C35H44ClN5O5S/c1-22-5-3-7-30(45-2)27-12-8-24(27)18-41-20-35(16-4-6-23-17-25(36)9-13-28(23)35)21-46-31-15-14-29(38-32(31)41)33(42)39-47(44,19-22)40-34(43)37-26-10-11-26/h3,7,9,13-15,17,22,24,26-27,30H,4-6,8,10-12,16,18-21H2,1-2H3,(H2,37,39,40,42,43,44)/b7-3-/t22-,24-,27+,30-,35-,47?/m0/s1. The lowest BCUT2D eigenvalue weighted by molar-refractivity contribution is 0.0131. The number of rotatable bonds is 3. The third kappa shape index (κ3) is 6.89. The molecule has 0 radical (unpaired) electrons. The molecule has 1 unspecified atom stereocenters. The fourth-order valence-electron chi connectivity index (χ4n) is 7.80. The lowest BCUT2D eigenvalue weighted by Gasteiger charge is -2.45. The van der Waals surface area contributed by atoms with Gasteiger partial charge < -0.3 is 19.7 Å². The number of ether oxygens (including phenoxy) is 2. The molecule has 2 N–H and O–H groups in total. The number of carbonyl (C=O) groups excluding carboxylic acids is 2. The van der Waals surface area contributed by atoms with Crippen LogP contribution in [0.2, 0.25) is 5.02 Å². The average Bonchev–Trinajstić information content (AvgIpc) is 3.85. The molecule has 0 saturated heterocycles. The first-order chi connectivity index (χ1) is 22.6. The predicted octanol–water partition coefficient (Wildman–Crippen LogP) is 5.83. The number of amides is 3. The van der Waals surface area contributed by atoms with Crippen LogP contribution in [-0.2, 0) is 26.5 Å². The van der Waals surface area contributed by atoms with E-state index < -0.39 is 21.9 Å². The Labute approximate surface area is 282 Å². The molecule has 2 fully saturated rings. The minimum atomic E-state index is -3.46. The molecule has 7 rings (SSSR count). The van der Waals surface area contributed by atoms with Crippen LogP contribution in [0.4, 0.5) is 10.6 Å². The van der Waals surface area contributed by atoms with Gasteiger partial charge >= 0.3 is 11.9 Å². The number of nitrogens with zero attached hydrogens (tertiary/aromatic N) is 3. The van der Waals surface area contributed by atoms with E-state index in [1.54, 1.807) is 19.2 Å². The largest absolute Gasteiger partial charge is 0.489 e. The summed E-state index contributed by atoms with van der Waals surface area (Å²) < 4.78 is 33.5. The van der Waals surface area contributed by atoms with Crippen molar-refractivity contribution < 1.29 is 23.3 Å². The molecule has 2 bridgehead atoms. The van der Waals surface area contributed by atoms with Crippen molar-refractivity contribution in [3.63, 3.8) is 0 Å². The SMILES string of the molecule is CO[C@H]1/C=C\C[C@H](C)CS(=O)(NC(=O)NC2CC2)=NC(=O)c2ccc3c(n2)N(C[C@@H]2CC[C@H]21)C[C@@]1(CCCc2cc(Cl)ccc21)CO3. The highest BCUT2D eigenvalue weighted by molar-refractivity contribution is 7.92. The zero-order valence-electron chi connectivity index (χ0n) is 27.1. The quantitative estimate of drug-likeness (QED) is 0.391.